The second-order valence-electron chi connectivity index (χ2n) is 16.1. The maximum Gasteiger partial charge on any atom is 0.314 e. The van der Waals surface area contributed by atoms with Gasteiger partial charge < -0.3 is 55.3 Å². The van der Waals surface area contributed by atoms with Gasteiger partial charge in [0.15, 0.2) is 6.10 Å². The molecule has 3 aliphatic carbocycles. The number of rotatable bonds is 17. The molecule has 7 N–H and O–H groups in total. The Morgan fingerprint density at radius 1 is 0.855 bits per heavy atom. The van der Waals surface area contributed by atoms with Crippen LogP contribution in [-0.2, 0) is 42.9 Å². The molecule has 334 valence electrons. The van der Waals surface area contributed by atoms with Crippen LogP contribution in [0.5, 0.6) is 0 Å². The summed E-state index contributed by atoms with van der Waals surface area (Å²) in [4.78, 5) is 66.0. The van der Waals surface area contributed by atoms with E-state index in [4.69, 9.17) is 18.9 Å². The van der Waals surface area contributed by atoms with E-state index in [0.717, 1.165) is 0 Å². The Labute approximate surface area is 360 Å². The molecular weight excluding hydrogens is 803 g/mol. The summed E-state index contributed by atoms with van der Waals surface area (Å²) in [6.45, 7) is 14.9. The van der Waals surface area contributed by atoms with Crippen LogP contribution in [0.4, 0.5) is 0 Å². The molecule has 5 rings (SSSR count). The van der Waals surface area contributed by atoms with Crippen LogP contribution in [0.2, 0.25) is 0 Å². The number of carbonyl (C=O) groups is 5. The molecule has 0 spiro atoms. The normalized spacial score (nSPS) is 26.4. The Hall–Kier alpha value is -6.29. The fourth-order valence-electron chi connectivity index (χ4n) is 8.18. The second kappa shape index (κ2) is 19.6. The van der Waals surface area contributed by atoms with Gasteiger partial charge in [-0.25, -0.2) is 0 Å². The molecule has 0 aromatic rings. The summed E-state index contributed by atoms with van der Waals surface area (Å²) < 4.78 is 22.9. The zero-order chi connectivity index (χ0) is 45.6. The minimum atomic E-state index is -1.43. The second-order valence-corrected chi connectivity index (χ2v) is 16.1. The largest absolute Gasteiger partial charge is 0.512 e. The SMILES string of the molecule is C=C(C)OC(CC)/C(CNC1(C)C(CNC(=O)CC2C(=O)OC3C=C(O)C=CC3=C2C)=CC(O)=C(CNC(=O)CC2C(=O)OC3C=C(O)C=CC3=C2C)C1OC(C)=O)=C(/O)CC. The molecule has 5 aliphatic rings. The highest BCUT2D eigenvalue weighted by Crippen LogP contribution is 2.37. The van der Waals surface area contributed by atoms with Crippen molar-refractivity contribution >= 4 is 29.7 Å². The van der Waals surface area contributed by atoms with Gasteiger partial charge in [0.05, 0.1) is 28.9 Å². The lowest BCUT2D eigenvalue weighted by Gasteiger charge is -2.44. The van der Waals surface area contributed by atoms with Crippen molar-refractivity contribution in [2.24, 2.45) is 11.8 Å². The Kier molecular flexibility index (Phi) is 14.8. The summed E-state index contributed by atoms with van der Waals surface area (Å²) in [5.74, 6) is -4.91. The van der Waals surface area contributed by atoms with E-state index in [2.05, 4.69) is 22.5 Å². The predicted octanol–water partition coefficient (Wildman–Crippen LogP) is 5.32. The Balaban J connectivity index is 1.44. The number of nitrogens with one attached hydrogen (secondary N) is 3. The number of esters is 3. The van der Waals surface area contributed by atoms with Crippen molar-refractivity contribution in [1.82, 2.24) is 16.0 Å². The van der Waals surface area contributed by atoms with Crippen LogP contribution in [0, 0.1) is 11.8 Å². The quantitative estimate of drug-likeness (QED) is 0.0557. The highest BCUT2D eigenvalue weighted by atomic mass is 16.6. The summed E-state index contributed by atoms with van der Waals surface area (Å²) in [6.07, 6.45) is 7.13. The highest BCUT2D eigenvalue weighted by Gasteiger charge is 2.47. The molecule has 2 heterocycles. The lowest BCUT2D eigenvalue weighted by Crippen LogP contribution is -2.60. The lowest BCUT2D eigenvalue weighted by molar-refractivity contribution is -0.152. The molecule has 0 bridgehead atoms. The Bertz CT molecular complexity index is 2180. The molecular formula is C46H57N3O13. The molecule has 7 unspecified atom stereocenters. The number of amides is 2. The van der Waals surface area contributed by atoms with Gasteiger partial charge in [0, 0.05) is 69.1 Å². The van der Waals surface area contributed by atoms with Crippen LogP contribution in [0.1, 0.15) is 74.1 Å². The van der Waals surface area contributed by atoms with Gasteiger partial charge in [-0.15, -0.1) is 0 Å². The van der Waals surface area contributed by atoms with E-state index in [1.165, 1.54) is 37.3 Å². The van der Waals surface area contributed by atoms with E-state index in [0.29, 0.717) is 45.6 Å². The fourth-order valence-corrected chi connectivity index (χ4v) is 8.18. The number of aliphatic hydroxyl groups is 4. The molecule has 62 heavy (non-hydrogen) atoms. The number of fused-ring (bicyclic) bond motifs is 2. The van der Waals surface area contributed by atoms with Gasteiger partial charge in [-0.3, -0.25) is 24.0 Å². The Morgan fingerprint density at radius 2 is 1.37 bits per heavy atom. The van der Waals surface area contributed by atoms with E-state index >= 15 is 0 Å². The van der Waals surface area contributed by atoms with Crippen molar-refractivity contribution in [3.8, 4) is 0 Å². The zero-order valence-corrected chi connectivity index (χ0v) is 36.1. The average molecular weight is 860 g/mol. The maximum absolute atomic E-state index is 13.6. The number of carbonyl (C=O) groups excluding carboxylic acids is 5. The van der Waals surface area contributed by atoms with E-state index < -0.39 is 71.5 Å². The smallest absolute Gasteiger partial charge is 0.314 e. The van der Waals surface area contributed by atoms with Crippen molar-refractivity contribution in [2.45, 2.75) is 104 Å². The van der Waals surface area contributed by atoms with Crippen LogP contribution in [-0.4, -0.2) is 99.7 Å². The van der Waals surface area contributed by atoms with Gasteiger partial charge in [-0.2, -0.15) is 0 Å². The molecule has 16 heteroatoms. The first-order valence-corrected chi connectivity index (χ1v) is 20.6. The molecule has 0 radical (unpaired) electrons. The van der Waals surface area contributed by atoms with E-state index in [9.17, 15) is 44.4 Å². The topological polar surface area (TPSA) is 239 Å². The zero-order valence-electron chi connectivity index (χ0n) is 36.1. The lowest BCUT2D eigenvalue weighted by atomic mass is 9.76. The first-order valence-electron chi connectivity index (χ1n) is 20.6. The summed E-state index contributed by atoms with van der Waals surface area (Å²) in [6, 6.07) is 0. The van der Waals surface area contributed by atoms with Gasteiger partial charge in [0.2, 0.25) is 11.8 Å². The van der Waals surface area contributed by atoms with Crippen molar-refractivity contribution in [3.63, 3.8) is 0 Å². The average Bonchev–Trinajstić information content (AvgIpc) is 3.20. The highest BCUT2D eigenvalue weighted by molar-refractivity contribution is 5.88. The molecule has 2 amide bonds. The number of aliphatic hydroxyl groups excluding tert-OH is 4. The van der Waals surface area contributed by atoms with Crippen molar-refractivity contribution in [3.05, 3.63) is 117 Å². The molecule has 0 fully saturated rings. The first kappa shape index (κ1) is 46.8. The van der Waals surface area contributed by atoms with Crippen LogP contribution < -0.4 is 16.0 Å². The number of hydrogen-bond acceptors (Lipinski definition) is 14. The standard InChI is InChI=1S/C46H57N3O13/c1-9-36(53)34(38(10-2)59-23(3)4)22-49-46(8)27(20-47-41(55)18-32-24(5)30-13-11-28(51)16-39(30)61-44(32)57)15-37(54)35(43(46)60-26(7)50)21-48-42(56)19-33-25(6)31-14-12-29(52)17-40(31)62-45(33)58/h11-17,32-33,38-40,43,49,51-54H,3,9-10,18-22H2,1-2,4-8H3,(H,47,55)(H,48,56)/b36-34+. The van der Waals surface area contributed by atoms with E-state index in [-0.39, 0.29) is 67.5 Å². The number of ether oxygens (including phenoxy) is 4. The summed E-state index contributed by atoms with van der Waals surface area (Å²) >= 11 is 0. The molecule has 0 aromatic heterocycles. The first-order chi connectivity index (χ1) is 29.3. The van der Waals surface area contributed by atoms with E-state index in [1.54, 1.807) is 46.8 Å². The minimum absolute atomic E-state index is 0.0229. The van der Waals surface area contributed by atoms with Crippen molar-refractivity contribution < 1.29 is 63.3 Å². The Morgan fingerprint density at radius 3 is 1.84 bits per heavy atom. The van der Waals surface area contributed by atoms with Crippen LogP contribution in [0.25, 0.3) is 0 Å². The van der Waals surface area contributed by atoms with Crippen LogP contribution in [0.15, 0.2) is 117 Å². The van der Waals surface area contributed by atoms with Gasteiger partial charge >= 0.3 is 17.9 Å². The third-order valence-electron chi connectivity index (χ3n) is 11.8. The van der Waals surface area contributed by atoms with Gasteiger partial charge in [0.25, 0.3) is 0 Å². The monoisotopic (exact) mass is 859 g/mol. The number of hydrogen-bond donors (Lipinski definition) is 7. The van der Waals surface area contributed by atoms with Crippen LogP contribution in [0.3, 0.4) is 0 Å². The third-order valence-corrected chi connectivity index (χ3v) is 11.8. The molecule has 0 saturated heterocycles. The predicted molar refractivity (Wildman–Crippen MR) is 227 cm³/mol. The number of allylic oxidation sites excluding steroid dienone is 5. The maximum atomic E-state index is 13.6. The van der Waals surface area contributed by atoms with Crippen molar-refractivity contribution in [2.75, 3.05) is 19.6 Å². The minimum Gasteiger partial charge on any atom is -0.512 e. The molecule has 0 saturated carbocycles. The molecule has 2 aliphatic heterocycles. The summed E-state index contributed by atoms with van der Waals surface area (Å²) in [5.41, 5.74) is 2.01. The van der Waals surface area contributed by atoms with Gasteiger partial charge in [-0.1, -0.05) is 43.7 Å². The molecule has 0 aromatic carbocycles. The van der Waals surface area contributed by atoms with Crippen LogP contribution >= 0.6 is 0 Å². The van der Waals surface area contributed by atoms with Crippen molar-refractivity contribution in [1.29, 1.82) is 0 Å². The van der Waals surface area contributed by atoms with Gasteiger partial charge in [-0.05, 0) is 69.1 Å². The summed E-state index contributed by atoms with van der Waals surface area (Å²) in [5, 5.41) is 51.5. The fraction of sp³-hybridized carbons (Fsp3) is 0.457. The van der Waals surface area contributed by atoms with Gasteiger partial charge in [0.1, 0.15) is 35.6 Å². The molecule has 7 atom stereocenters. The summed E-state index contributed by atoms with van der Waals surface area (Å²) in [7, 11) is 0. The third kappa shape index (κ3) is 10.4. The molecule has 16 nitrogen and oxygen atoms in total. The van der Waals surface area contributed by atoms with E-state index in [1.807, 2.05) is 6.92 Å².